The minimum absolute atomic E-state index is 0.0268. The quantitative estimate of drug-likeness (QED) is 0.456. The number of carboxylic acids is 1. The van der Waals surface area contributed by atoms with Crippen molar-refractivity contribution in [3.8, 4) is 0 Å². The maximum atomic E-state index is 10.6. The summed E-state index contributed by atoms with van der Waals surface area (Å²) in [6.45, 7) is 13.5. The molecule has 1 N–H and O–H groups in total. The zero-order valence-electron chi connectivity index (χ0n) is 14.7. The molecular formula is C16H30O7. The lowest BCUT2D eigenvalue weighted by molar-refractivity contribution is -0.146. The van der Waals surface area contributed by atoms with E-state index in [0.29, 0.717) is 19.8 Å². The van der Waals surface area contributed by atoms with Gasteiger partial charge in [0.05, 0.1) is 38.1 Å². The van der Waals surface area contributed by atoms with Crippen molar-refractivity contribution in [3.05, 3.63) is 12.7 Å². The molecule has 0 rings (SSSR count). The molecule has 0 aliphatic carbocycles. The number of carbonyl (C=O) groups is 2. The summed E-state index contributed by atoms with van der Waals surface area (Å²) in [5.41, 5.74) is 0. The van der Waals surface area contributed by atoms with E-state index in [0.717, 1.165) is 6.92 Å². The van der Waals surface area contributed by atoms with Crippen LogP contribution in [0.5, 0.6) is 0 Å². The molecule has 0 saturated carbocycles. The van der Waals surface area contributed by atoms with Gasteiger partial charge < -0.3 is 24.1 Å². The van der Waals surface area contributed by atoms with E-state index < -0.39 is 5.97 Å². The van der Waals surface area contributed by atoms with Crippen molar-refractivity contribution < 1.29 is 33.6 Å². The molecule has 0 aliphatic heterocycles. The molecule has 7 nitrogen and oxygen atoms in total. The van der Waals surface area contributed by atoms with E-state index in [2.05, 4.69) is 6.58 Å². The van der Waals surface area contributed by atoms with E-state index in [9.17, 15) is 4.79 Å². The molecule has 0 aromatic carbocycles. The summed E-state index contributed by atoms with van der Waals surface area (Å²) in [5.74, 6) is -1.13. The first-order valence-corrected chi connectivity index (χ1v) is 7.47. The first-order chi connectivity index (χ1) is 10.7. The van der Waals surface area contributed by atoms with Gasteiger partial charge in [0.2, 0.25) is 0 Å². The molecule has 136 valence electrons. The highest BCUT2D eigenvalue weighted by atomic mass is 16.6. The molecular weight excluding hydrogens is 304 g/mol. The number of esters is 1. The molecule has 0 heterocycles. The van der Waals surface area contributed by atoms with Crippen LogP contribution in [0.4, 0.5) is 0 Å². The summed E-state index contributed by atoms with van der Waals surface area (Å²) in [6, 6.07) is 0. The average Bonchev–Trinajstić information content (AvgIpc) is 2.45. The van der Waals surface area contributed by atoms with Crippen LogP contribution in [0.3, 0.4) is 0 Å². The fourth-order valence-electron chi connectivity index (χ4n) is 1.21. The predicted molar refractivity (Wildman–Crippen MR) is 86.4 cm³/mol. The van der Waals surface area contributed by atoms with Crippen molar-refractivity contribution in [3.63, 3.8) is 0 Å². The van der Waals surface area contributed by atoms with Crippen molar-refractivity contribution in [2.45, 2.75) is 52.9 Å². The SMILES string of the molecule is C=CCOC(C)COC(C)COC(C)COC(C)=O.CC(=O)O. The Morgan fingerprint density at radius 1 is 0.957 bits per heavy atom. The molecule has 0 amide bonds. The lowest BCUT2D eigenvalue weighted by Gasteiger charge is -2.19. The standard InChI is InChI=1S/C14H26O5.C2H4O2/c1-6-7-16-11(2)8-17-12(3)9-18-13(4)10-19-14(5)15;1-2(3)4/h6,11-13H,1,7-10H2,2-5H3;1H3,(H,3,4). The third-order valence-electron chi connectivity index (χ3n) is 2.25. The fourth-order valence-corrected chi connectivity index (χ4v) is 1.21. The highest BCUT2D eigenvalue weighted by molar-refractivity contribution is 5.65. The van der Waals surface area contributed by atoms with E-state index in [-0.39, 0.29) is 30.9 Å². The van der Waals surface area contributed by atoms with Gasteiger partial charge in [-0.15, -0.1) is 6.58 Å². The van der Waals surface area contributed by atoms with Gasteiger partial charge in [-0.25, -0.2) is 0 Å². The van der Waals surface area contributed by atoms with Gasteiger partial charge in [-0.05, 0) is 20.8 Å². The molecule has 0 bridgehead atoms. The largest absolute Gasteiger partial charge is 0.481 e. The first-order valence-electron chi connectivity index (χ1n) is 7.47. The molecule has 7 heteroatoms. The van der Waals surface area contributed by atoms with Crippen molar-refractivity contribution in [1.29, 1.82) is 0 Å². The predicted octanol–water partition coefficient (Wildman–Crippen LogP) is 2.04. The van der Waals surface area contributed by atoms with Crippen molar-refractivity contribution in [2.75, 3.05) is 26.4 Å². The van der Waals surface area contributed by atoms with Crippen molar-refractivity contribution in [1.82, 2.24) is 0 Å². The van der Waals surface area contributed by atoms with Crippen LogP contribution in [0.15, 0.2) is 12.7 Å². The Kier molecular flexibility index (Phi) is 16.0. The topological polar surface area (TPSA) is 91.3 Å². The minimum atomic E-state index is -0.833. The smallest absolute Gasteiger partial charge is 0.302 e. The molecule has 0 saturated heterocycles. The van der Waals surface area contributed by atoms with E-state index in [1.807, 2.05) is 20.8 Å². The summed E-state index contributed by atoms with van der Waals surface area (Å²) in [4.78, 5) is 19.6. The molecule has 3 atom stereocenters. The number of hydrogen-bond donors (Lipinski definition) is 1. The third kappa shape index (κ3) is 23.0. The van der Waals surface area contributed by atoms with Crippen LogP contribution < -0.4 is 0 Å². The van der Waals surface area contributed by atoms with Crippen LogP contribution in [0.25, 0.3) is 0 Å². The second-order valence-electron chi connectivity index (χ2n) is 5.04. The maximum Gasteiger partial charge on any atom is 0.302 e. The van der Waals surface area contributed by atoms with E-state index in [4.69, 9.17) is 28.8 Å². The monoisotopic (exact) mass is 334 g/mol. The van der Waals surface area contributed by atoms with Crippen LogP contribution in [0, 0.1) is 0 Å². The van der Waals surface area contributed by atoms with Crippen LogP contribution in [-0.2, 0) is 28.5 Å². The Hall–Kier alpha value is -1.44. The Labute approximate surface area is 138 Å². The second kappa shape index (κ2) is 15.5. The molecule has 0 fully saturated rings. The lowest BCUT2D eigenvalue weighted by atomic mass is 10.4. The summed E-state index contributed by atoms with van der Waals surface area (Å²) in [5, 5.41) is 7.42. The second-order valence-corrected chi connectivity index (χ2v) is 5.04. The normalized spacial score (nSPS) is 14.0. The van der Waals surface area contributed by atoms with Crippen molar-refractivity contribution in [2.24, 2.45) is 0 Å². The lowest BCUT2D eigenvalue weighted by Crippen LogP contribution is -2.27. The van der Waals surface area contributed by atoms with E-state index in [1.54, 1.807) is 6.08 Å². The summed E-state index contributed by atoms with van der Waals surface area (Å²) < 4.78 is 21.3. The number of carboxylic acid groups (broad SMARTS) is 1. The van der Waals surface area contributed by atoms with E-state index >= 15 is 0 Å². The van der Waals surface area contributed by atoms with Gasteiger partial charge in [-0.3, -0.25) is 9.59 Å². The number of carbonyl (C=O) groups excluding carboxylic acids is 1. The van der Waals surface area contributed by atoms with Gasteiger partial charge in [0.25, 0.3) is 5.97 Å². The summed E-state index contributed by atoms with van der Waals surface area (Å²) in [7, 11) is 0. The average molecular weight is 334 g/mol. The van der Waals surface area contributed by atoms with E-state index in [1.165, 1.54) is 6.92 Å². The van der Waals surface area contributed by atoms with Gasteiger partial charge in [0.15, 0.2) is 0 Å². The minimum Gasteiger partial charge on any atom is -0.481 e. The Morgan fingerprint density at radius 3 is 1.74 bits per heavy atom. The highest BCUT2D eigenvalue weighted by Crippen LogP contribution is 2.00. The van der Waals surface area contributed by atoms with Crippen LogP contribution in [0.1, 0.15) is 34.6 Å². The fraction of sp³-hybridized carbons (Fsp3) is 0.750. The zero-order chi connectivity index (χ0) is 18.3. The molecule has 0 aromatic heterocycles. The maximum absolute atomic E-state index is 10.6. The Balaban J connectivity index is 0. The molecule has 0 spiro atoms. The van der Waals surface area contributed by atoms with Gasteiger partial charge in [-0.2, -0.15) is 0 Å². The van der Waals surface area contributed by atoms with Gasteiger partial charge in [0, 0.05) is 13.8 Å². The molecule has 0 radical (unpaired) electrons. The van der Waals surface area contributed by atoms with Crippen LogP contribution >= 0.6 is 0 Å². The summed E-state index contributed by atoms with van der Waals surface area (Å²) in [6.07, 6.45) is 1.57. The Bertz CT molecular complexity index is 326. The highest BCUT2D eigenvalue weighted by Gasteiger charge is 2.10. The summed E-state index contributed by atoms with van der Waals surface area (Å²) >= 11 is 0. The van der Waals surface area contributed by atoms with Crippen LogP contribution in [0.2, 0.25) is 0 Å². The number of aliphatic carboxylic acids is 1. The number of ether oxygens (including phenoxy) is 4. The van der Waals surface area contributed by atoms with Gasteiger partial charge >= 0.3 is 5.97 Å². The van der Waals surface area contributed by atoms with Crippen molar-refractivity contribution >= 4 is 11.9 Å². The third-order valence-corrected chi connectivity index (χ3v) is 2.25. The number of rotatable bonds is 11. The van der Waals surface area contributed by atoms with Crippen LogP contribution in [-0.4, -0.2) is 61.8 Å². The molecule has 3 unspecified atom stereocenters. The van der Waals surface area contributed by atoms with Gasteiger partial charge in [0.1, 0.15) is 6.61 Å². The van der Waals surface area contributed by atoms with Gasteiger partial charge in [-0.1, -0.05) is 6.08 Å². The number of hydrogen-bond acceptors (Lipinski definition) is 6. The molecule has 0 aromatic rings. The first kappa shape index (κ1) is 23.8. The molecule has 0 aliphatic rings. The molecule has 23 heavy (non-hydrogen) atoms. The Morgan fingerprint density at radius 2 is 1.35 bits per heavy atom. The zero-order valence-corrected chi connectivity index (χ0v) is 14.7.